The van der Waals surface area contributed by atoms with Crippen LogP contribution in [0.3, 0.4) is 0 Å². The number of rotatable bonds is 7. The van der Waals surface area contributed by atoms with Crippen LogP contribution in [-0.4, -0.2) is 41.5 Å². The van der Waals surface area contributed by atoms with E-state index in [0.717, 1.165) is 16.9 Å². The Balaban J connectivity index is 1.64. The van der Waals surface area contributed by atoms with Crippen LogP contribution in [0.2, 0.25) is 0 Å². The fourth-order valence-electron chi connectivity index (χ4n) is 5.02. The Bertz CT molecular complexity index is 1380. The maximum Gasteiger partial charge on any atom is 0.295 e. The van der Waals surface area contributed by atoms with Crippen molar-refractivity contribution in [2.24, 2.45) is 0 Å². The number of carbonyl (C=O) groups excluding carboxylic acids is 2. The summed E-state index contributed by atoms with van der Waals surface area (Å²) in [5.74, 6) is 0.197. The molecule has 2 atom stereocenters. The minimum atomic E-state index is -0.812. The number of benzene rings is 3. The lowest BCUT2D eigenvalue weighted by Gasteiger charge is -2.26. The molecule has 1 amide bonds. The molecule has 0 saturated carbocycles. The minimum Gasteiger partial charge on any atom is -0.507 e. The van der Waals surface area contributed by atoms with Crippen molar-refractivity contribution in [2.45, 2.75) is 39.0 Å². The van der Waals surface area contributed by atoms with Crippen molar-refractivity contribution in [3.63, 3.8) is 0 Å². The van der Waals surface area contributed by atoms with Crippen LogP contribution in [0.4, 0.5) is 0 Å². The van der Waals surface area contributed by atoms with Crippen molar-refractivity contribution in [1.82, 2.24) is 4.90 Å². The number of ketones is 1. The summed E-state index contributed by atoms with van der Waals surface area (Å²) in [4.78, 5) is 28.3. The summed E-state index contributed by atoms with van der Waals surface area (Å²) < 4.78 is 17.0. The number of likely N-dealkylation sites (tertiary alicyclic amines) is 1. The van der Waals surface area contributed by atoms with Crippen molar-refractivity contribution in [3.05, 3.63) is 94.6 Å². The third-order valence-electron chi connectivity index (χ3n) is 6.71. The Kier molecular flexibility index (Phi) is 6.61. The van der Waals surface area contributed by atoms with Crippen LogP contribution in [0.5, 0.6) is 17.2 Å². The zero-order valence-corrected chi connectivity index (χ0v) is 21.1. The Morgan fingerprint density at radius 2 is 1.84 bits per heavy atom. The maximum absolute atomic E-state index is 13.4. The molecule has 1 saturated heterocycles. The highest BCUT2D eigenvalue weighted by Crippen LogP contribution is 2.43. The van der Waals surface area contributed by atoms with E-state index in [9.17, 15) is 14.7 Å². The van der Waals surface area contributed by atoms with Gasteiger partial charge in [0.1, 0.15) is 17.6 Å². The van der Waals surface area contributed by atoms with Gasteiger partial charge in [-0.15, -0.1) is 0 Å². The summed E-state index contributed by atoms with van der Waals surface area (Å²) in [7, 11) is 1.54. The predicted molar refractivity (Wildman–Crippen MR) is 139 cm³/mol. The molecule has 0 bridgehead atoms. The second-order valence-corrected chi connectivity index (χ2v) is 9.21. The Morgan fingerprint density at radius 1 is 1.05 bits per heavy atom. The fraction of sp³-hybridized carbons (Fsp3) is 0.267. The number of nitrogens with zero attached hydrogens (tertiary/aromatic N) is 1. The predicted octanol–water partition coefficient (Wildman–Crippen LogP) is 5.04. The molecule has 7 heteroatoms. The molecule has 2 aliphatic heterocycles. The van der Waals surface area contributed by atoms with Gasteiger partial charge >= 0.3 is 0 Å². The summed E-state index contributed by atoms with van der Waals surface area (Å²) in [5, 5.41) is 11.5. The largest absolute Gasteiger partial charge is 0.507 e. The lowest BCUT2D eigenvalue weighted by atomic mass is 9.94. The Morgan fingerprint density at radius 3 is 2.57 bits per heavy atom. The molecule has 3 aromatic rings. The normalized spacial score (nSPS) is 20.0. The van der Waals surface area contributed by atoms with E-state index in [4.69, 9.17) is 14.2 Å². The van der Waals surface area contributed by atoms with Gasteiger partial charge in [0, 0.05) is 18.5 Å². The number of hydrogen-bond acceptors (Lipinski definition) is 6. The number of aliphatic hydroxyl groups excluding tert-OH is 1. The minimum absolute atomic E-state index is 0.0408. The van der Waals surface area contributed by atoms with Gasteiger partial charge in [-0.1, -0.05) is 36.4 Å². The van der Waals surface area contributed by atoms with Crippen molar-refractivity contribution < 1.29 is 28.9 Å². The Labute approximate surface area is 215 Å². The molecule has 2 heterocycles. The molecule has 5 rings (SSSR count). The number of fused-ring (bicyclic) bond motifs is 1. The van der Waals surface area contributed by atoms with E-state index in [-0.39, 0.29) is 24.0 Å². The molecule has 0 aromatic heterocycles. The molecule has 7 nitrogen and oxygen atoms in total. The van der Waals surface area contributed by atoms with Crippen LogP contribution < -0.4 is 14.2 Å². The third kappa shape index (κ3) is 4.53. The lowest BCUT2D eigenvalue weighted by molar-refractivity contribution is -0.140. The van der Waals surface area contributed by atoms with E-state index in [1.807, 2.05) is 50.2 Å². The van der Waals surface area contributed by atoms with E-state index in [0.29, 0.717) is 35.7 Å². The summed E-state index contributed by atoms with van der Waals surface area (Å²) in [6.07, 6.45) is 0.748. The van der Waals surface area contributed by atoms with E-state index >= 15 is 0 Å². The average Bonchev–Trinajstić information content (AvgIpc) is 3.40. The van der Waals surface area contributed by atoms with Gasteiger partial charge in [0.25, 0.3) is 11.7 Å². The second-order valence-electron chi connectivity index (χ2n) is 9.21. The van der Waals surface area contributed by atoms with Crippen LogP contribution in [0.25, 0.3) is 5.76 Å². The molecule has 0 spiro atoms. The van der Waals surface area contributed by atoms with E-state index in [2.05, 4.69) is 0 Å². The van der Waals surface area contributed by atoms with Crippen LogP contribution in [-0.2, 0) is 22.6 Å². The molecule has 0 radical (unpaired) electrons. The van der Waals surface area contributed by atoms with Crippen molar-refractivity contribution in [1.29, 1.82) is 0 Å². The Hall–Kier alpha value is -4.26. The number of carbonyl (C=O) groups is 2. The van der Waals surface area contributed by atoms with Crippen LogP contribution >= 0.6 is 0 Å². The lowest BCUT2D eigenvalue weighted by Crippen LogP contribution is -2.29. The summed E-state index contributed by atoms with van der Waals surface area (Å²) in [5.41, 5.74) is 2.97. The van der Waals surface area contributed by atoms with E-state index in [1.54, 1.807) is 30.3 Å². The molecule has 0 unspecified atom stereocenters. The quantitative estimate of drug-likeness (QED) is 0.279. The zero-order valence-electron chi connectivity index (χ0n) is 21.1. The topological polar surface area (TPSA) is 85.3 Å². The summed E-state index contributed by atoms with van der Waals surface area (Å²) in [6, 6.07) is 19.3. The number of hydrogen-bond donors (Lipinski definition) is 1. The second kappa shape index (κ2) is 10.0. The first-order valence-electron chi connectivity index (χ1n) is 12.3. The molecular formula is C30H29NO6. The van der Waals surface area contributed by atoms with Crippen LogP contribution in [0, 0.1) is 0 Å². The van der Waals surface area contributed by atoms with Gasteiger partial charge < -0.3 is 24.2 Å². The first-order valence-corrected chi connectivity index (χ1v) is 12.3. The standard InChI is InChI=1S/C30H29NO6/c1-4-36-24-13-10-20(16-25(24)35-3)27-26(28(32)21-11-12-23-22(15-21)14-18(2)37-23)29(33)30(34)31(27)17-19-8-6-5-7-9-19/h5-13,15-16,18,27,32H,4,14,17H2,1-3H3/t18-,27+/m1/s1. The molecule has 1 N–H and O–H groups in total. The molecule has 3 aromatic carbocycles. The van der Waals surface area contributed by atoms with Crippen molar-refractivity contribution in [2.75, 3.05) is 13.7 Å². The van der Waals surface area contributed by atoms with Gasteiger partial charge in [0.15, 0.2) is 11.5 Å². The average molecular weight is 500 g/mol. The number of amides is 1. The third-order valence-corrected chi connectivity index (χ3v) is 6.71. The highest BCUT2D eigenvalue weighted by Gasteiger charge is 2.46. The highest BCUT2D eigenvalue weighted by atomic mass is 16.5. The number of Topliss-reactive ketones (excluding diaryl/α,β-unsaturated/α-hetero) is 1. The molecule has 1 fully saturated rings. The fourth-order valence-corrected chi connectivity index (χ4v) is 5.02. The SMILES string of the molecule is CCOc1ccc([C@H]2C(=C(O)c3ccc4c(c3)C[C@@H](C)O4)C(=O)C(=O)N2Cc2ccccc2)cc1OC. The van der Waals surface area contributed by atoms with Gasteiger partial charge in [0.05, 0.1) is 25.3 Å². The highest BCUT2D eigenvalue weighted by molar-refractivity contribution is 6.46. The van der Waals surface area contributed by atoms with Gasteiger partial charge in [-0.25, -0.2) is 0 Å². The smallest absolute Gasteiger partial charge is 0.295 e. The number of ether oxygens (including phenoxy) is 3. The van der Waals surface area contributed by atoms with Crippen molar-refractivity contribution >= 4 is 17.4 Å². The molecule has 190 valence electrons. The van der Waals surface area contributed by atoms with Gasteiger partial charge in [-0.2, -0.15) is 0 Å². The summed E-state index contributed by atoms with van der Waals surface area (Å²) >= 11 is 0. The van der Waals surface area contributed by atoms with E-state index in [1.165, 1.54) is 12.0 Å². The van der Waals surface area contributed by atoms with Gasteiger partial charge in [-0.05, 0) is 60.9 Å². The first kappa shape index (κ1) is 24.4. The molecular weight excluding hydrogens is 470 g/mol. The monoisotopic (exact) mass is 499 g/mol. The van der Waals surface area contributed by atoms with E-state index < -0.39 is 17.7 Å². The molecule has 37 heavy (non-hydrogen) atoms. The van der Waals surface area contributed by atoms with Gasteiger partial charge in [-0.3, -0.25) is 9.59 Å². The van der Waals surface area contributed by atoms with Crippen LogP contribution in [0.15, 0.2) is 72.3 Å². The number of aliphatic hydroxyl groups is 1. The zero-order chi connectivity index (χ0) is 26.1. The number of methoxy groups -OCH3 is 1. The molecule has 2 aliphatic rings. The molecule has 0 aliphatic carbocycles. The maximum atomic E-state index is 13.4. The van der Waals surface area contributed by atoms with Crippen LogP contribution in [0.1, 0.15) is 42.1 Å². The van der Waals surface area contributed by atoms with Gasteiger partial charge in [0.2, 0.25) is 0 Å². The first-order chi connectivity index (χ1) is 17.9. The summed E-state index contributed by atoms with van der Waals surface area (Å²) in [6.45, 7) is 4.53. The van der Waals surface area contributed by atoms with Crippen molar-refractivity contribution in [3.8, 4) is 17.2 Å².